The van der Waals surface area contributed by atoms with Crippen LogP contribution in [0.5, 0.6) is 0 Å². The van der Waals surface area contributed by atoms with Gasteiger partial charge in [-0.05, 0) is 30.8 Å². The summed E-state index contributed by atoms with van der Waals surface area (Å²) >= 11 is 4.94. The number of halogens is 2. The monoisotopic (exact) mass is 244 g/mol. The standard InChI is InChI=1S/C11H14F2N2S/c1-2-3-7-14-11(16)15-9-6-4-5-8(12)10(9)13/h4-6H,2-3,7H2,1H3,(H2,14,15,16). The van der Waals surface area contributed by atoms with Crippen LogP contribution in [0.15, 0.2) is 18.2 Å². The molecule has 1 rings (SSSR count). The van der Waals surface area contributed by atoms with Crippen LogP contribution in [0.2, 0.25) is 0 Å². The first-order valence-corrected chi connectivity index (χ1v) is 5.55. The van der Waals surface area contributed by atoms with Crippen molar-refractivity contribution >= 4 is 23.0 Å². The molecule has 0 spiro atoms. The Morgan fingerprint density at radius 3 is 2.81 bits per heavy atom. The maximum Gasteiger partial charge on any atom is 0.182 e. The Kier molecular flexibility index (Phi) is 5.11. The van der Waals surface area contributed by atoms with Crippen molar-refractivity contribution in [2.24, 2.45) is 0 Å². The number of hydrogen-bond donors (Lipinski definition) is 2. The van der Waals surface area contributed by atoms with Gasteiger partial charge in [-0.2, -0.15) is 0 Å². The number of thiocarbonyl (C=S) groups is 1. The summed E-state index contributed by atoms with van der Waals surface area (Å²) in [6.07, 6.45) is 2.03. The van der Waals surface area contributed by atoms with E-state index in [1.54, 1.807) is 0 Å². The zero-order valence-electron chi connectivity index (χ0n) is 9.02. The van der Waals surface area contributed by atoms with E-state index in [0.717, 1.165) is 25.5 Å². The number of nitrogens with one attached hydrogen (secondary N) is 2. The van der Waals surface area contributed by atoms with E-state index >= 15 is 0 Å². The molecule has 0 unspecified atom stereocenters. The highest BCUT2D eigenvalue weighted by molar-refractivity contribution is 7.80. The molecule has 0 radical (unpaired) electrons. The highest BCUT2D eigenvalue weighted by Gasteiger charge is 2.07. The Morgan fingerprint density at radius 1 is 1.38 bits per heavy atom. The lowest BCUT2D eigenvalue weighted by Gasteiger charge is -2.10. The fourth-order valence-electron chi connectivity index (χ4n) is 1.15. The molecule has 0 amide bonds. The molecule has 5 heteroatoms. The van der Waals surface area contributed by atoms with Crippen LogP contribution < -0.4 is 10.6 Å². The zero-order valence-corrected chi connectivity index (χ0v) is 9.83. The van der Waals surface area contributed by atoms with Gasteiger partial charge in [-0.3, -0.25) is 0 Å². The highest BCUT2D eigenvalue weighted by atomic mass is 32.1. The van der Waals surface area contributed by atoms with Gasteiger partial charge in [0.15, 0.2) is 16.7 Å². The summed E-state index contributed by atoms with van der Waals surface area (Å²) in [6, 6.07) is 3.93. The predicted molar refractivity (Wildman–Crippen MR) is 65.5 cm³/mol. The second-order valence-electron chi connectivity index (χ2n) is 3.34. The minimum atomic E-state index is -0.915. The van der Waals surface area contributed by atoms with Crippen molar-refractivity contribution in [3.05, 3.63) is 29.8 Å². The lowest BCUT2D eigenvalue weighted by Crippen LogP contribution is -2.29. The summed E-state index contributed by atoms with van der Waals surface area (Å²) in [5.74, 6) is -1.80. The Hall–Kier alpha value is -1.23. The van der Waals surface area contributed by atoms with Gasteiger partial charge < -0.3 is 10.6 Å². The van der Waals surface area contributed by atoms with Crippen LogP contribution in [0.3, 0.4) is 0 Å². The third-order valence-electron chi connectivity index (χ3n) is 2.02. The van der Waals surface area contributed by atoms with E-state index in [0.29, 0.717) is 5.11 Å². The van der Waals surface area contributed by atoms with E-state index in [4.69, 9.17) is 12.2 Å². The Balaban J connectivity index is 2.53. The quantitative estimate of drug-likeness (QED) is 0.629. The second kappa shape index (κ2) is 6.37. The van der Waals surface area contributed by atoms with Crippen molar-refractivity contribution in [3.63, 3.8) is 0 Å². The van der Waals surface area contributed by atoms with Crippen LogP contribution in [-0.4, -0.2) is 11.7 Å². The fourth-order valence-corrected chi connectivity index (χ4v) is 1.36. The maximum absolute atomic E-state index is 13.2. The molecular formula is C11H14F2N2S. The molecule has 0 aliphatic heterocycles. The van der Waals surface area contributed by atoms with Crippen LogP contribution in [0.1, 0.15) is 19.8 Å². The van der Waals surface area contributed by atoms with Gasteiger partial charge in [-0.1, -0.05) is 19.4 Å². The fraction of sp³-hybridized carbons (Fsp3) is 0.364. The molecule has 0 aliphatic rings. The third kappa shape index (κ3) is 3.73. The summed E-state index contributed by atoms with van der Waals surface area (Å²) < 4.78 is 26.1. The highest BCUT2D eigenvalue weighted by Crippen LogP contribution is 2.16. The van der Waals surface area contributed by atoms with E-state index in [2.05, 4.69) is 17.6 Å². The number of rotatable bonds is 4. The molecular weight excluding hydrogens is 230 g/mol. The molecule has 0 saturated heterocycles. The second-order valence-corrected chi connectivity index (χ2v) is 3.74. The molecule has 88 valence electrons. The molecule has 0 atom stereocenters. The molecule has 1 aromatic rings. The van der Waals surface area contributed by atoms with Gasteiger partial charge in [-0.25, -0.2) is 8.78 Å². The lowest BCUT2D eigenvalue weighted by atomic mass is 10.3. The van der Waals surface area contributed by atoms with Gasteiger partial charge in [0.25, 0.3) is 0 Å². The van der Waals surface area contributed by atoms with E-state index in [-0.39, 0.29) is 5.69 Å². The molecule has 2 nitrogen and oxygen atoms in total. The normalized spacial score (nSPS) is 9.94. The van der Waals surface area contributed by atoms with Crippen molar-refractivity contribution in [1.29, 1.82) is 0 Å². The summed E-state index contributed by atoms with van der Waals surface area (Å²) in [7, 11) is 0. The molecule has 0 aliphatic carbocycles. The van der Waals surface area contributed by atoms with Gasteiger partial charge in [0.1, 0.15) is 0 Å². The average Bonchev–Trinajstić information content (AvgIpc) is 2.25. The molecule has 0 fully saturated rings. The topological polar surface area (TPSA) is 24.1 Å². The van der Waals surface area contributed by atoms with Crippen LogP contribution in [0.25, 0.3) is 0 Å². The minimum Gasteiger partial charge on any atom is -0.362 e. The number of benzene rings is 1. The number of anilines is 1. The van der Waals surface area contributed by atoms with Crippen molar-refractivity contribution < 1.29 is 8.78 Å². The van der Waals surface area contributed by atoms with Gasteiger partial charge in [-0.15, -0.1) is 0 Å². The predicted octanol–water partition coefficient (Wildman–Crippen LogP) is 3.05. The minimum absolute atomic E-state index is 0.0500. The summed E-state index contributed by atoms with van der Waals surface area (Å²) in [4.78, 5) is 0. The van der Waals surface area contributed by atoms with E-state index in [9.17, 15) is 8.78 Å². The first-order chi connectivity index (χ1) is 7.65. The van der Waals surface area contributed by atoms with E-state index in [1.165, 1.54) is 12.1 Å². The van der Waals surface area contributed by atoms with Gasteiger partial charge in [0, 0.05) is 6.54 Å². The van der Waals surface area contributed by atoms with Gasteiger partial charge in [0.2, 0.25) is 0 Å². The zero-order chi connectivity index (χ0) is 12.0. The molecule has 2 N–H and O–H groups in total. The summed E-state index contributed by atoms with van der Waals surface area (Å²) in [5.41, 5.74) is 0.0500. The smallest absolute Gasteiger partial charge is 0.182 e. The summed E-state index contributed by atoms with van der Waals surface area (Å²) in [5, 5.41) is 5.83. The Bertz CT molecular complexity index is 369. The van der Waals surface area contributed by atoms with Crippen LogP contribution in [0.4, 0.5) is 14.5 Å². The first kappa shape index (κ1) is 12.8. The number of hydrogen-bond acceptors (Lipinski definition) is 1. The molecule has 1 aromatic carbocycles. The molecule has 0 bridgehead atoms. The van der Waals surface area contributed by atoms with Crippen LogP contribution in [0, 0.1) is 11.6 Å². The van der Waals surface area contributed by atoms with Crippen molar-refractivity contribution in [1.82, 2.24) is 5.32 Å². The summed E-state index contributed by atoms with van der Waals surface area (Å²) in [6.45, 7) is 2.78. The molecule has 0 aromatic heterocycles. The van der Waals surface area contributed by atoms with Crippen molar-refractivity contribution in [3.8, 4) is 0 Å². The Morgan fingerprint density at radius 2 is 2.12 bits per heavy atom. The van der Waals surface area contributed by atoms with Crippen LogP contribution in [-0.2, 0) is 0 Å². The molecule has 16 heavy (non-hydrogen) atoms. The molecule has 0 heterocycles. The lowest BCUT2D eigenvalue weighted by molar-refractivity contribution is 0.512. The SMILES string of the molecule is CCCCNC(=S)Nc1cccc(F)c1F. The van der Waals surface area contributed by atoms with E-state index in [1.807, 2.05) is 0 Å². The van der Waals surface area contributed by atoms with E-state index < -0.39 is 11.6 Å². The maximum atomic E-state index is 13.2. The average molecular weight is 244 g/mol. The largest absolute Gasteiger partial charge is 0.362 e. The van der Waals surface area contributed by atoms with Gasteiger partial charge in [0.05, 0.1) is 5.69 Å². The Labute approximate surface area is 99.0 Å². The van der Waals surface area contributed by atoms with Crippen molar-refractivity contribution in [2.75, 3.05) is 11.9 Å². The first-order valence-electron chi connectivity index (χ1n) is 5.14. The van der Waals surface area contributed by atoms with Gasteiger partial charge >= 0.3 is 0 Å². The number of unbranched alkanes of at least 4 members (excludes halogenated alkanes) is 1. The third-order valence-corrected chi connectivity index (χ3v) is 2.26. The van der Waals surface area contributed by atoms with Crippen LogP contribution >= 0.6 is 12.2 Å². The molecule has 0 saturated carbocycles. The van der Waals surface area contributed by atoms with Crippen molar-refractivity contribution in [2.45, 2.75) is 19.8 Å².